The molecule has 0 saturated carbocycles. The third kappa shape index (κ3) is 2.23. The Morgan fingerprint density at radius 3 is 2.00 bits per heavy atom. The maximum atomic E-state index is 4.45. The first-order valence-electron chi connectivity index (χ1n) is 7.58. The third-order valence-corrected chi connectivity index (χ3v) is 4.98. The minimum absolute atomic E-state index is 0.128. The fourth-order valence-electron chi connectivity index (χ4n) is 2.64. The van der Waals surface area contributed by atoms with Crippen LogP contribution in [0.5, 0.6) is 0 Å². The highest BCUT2D eigenvalue weighted by Gasteiger charge is 2.28. The highest BCUT2D eigenvalue weighted by atomic mass is 15.4. The van der Waals surface area contributed by atoms with E-state index in [-0.39, 0.29) is 10.8 Å². The minimum atomic E-state index is 0.128. The molecule has 0 amide bonds. The van der Waals surface area contributed by atoms with E-state index in [1.54, 1.807) is 0 Å². The maximum absolute atomic E-state index is 4.45. The maximum Gasteiger partial charge on any atom is 0.117 e. The van der Waals surface area contributed by atoms with Gasteiger partial charge >= 0.3 is 0 Å². The summed E-state index contributed by atoms with van der Waals surface area (Å²) in [5, 5.41) is 8.73. The van der Waals surface area contributed by atoms with Gasteiger partial charge in [0.15, 0.2) is 0 Å². The molecule has 20 heavy (non-hydrogen) atoms. The van der Waals surface area contributed by atoms with E-state index in [9.17, 15) is 0 Å². The Morgan fingerprint density at radius 1 is 0.950 bits per heavy atom. The zero-order valence-electron chi connectivity index (χ0n) is 13.9. The zero-order valence-corrected chi connectivity index (χ0v) is 13.9. The van der Waals surface area contributed by atoms with Crippen LogP contribution < -0.4 is 0 Å². The zero-order chi connectivity index (χ0) is 15.1. The Morgan fingerprint density at radius 2 is 1.45 bits per heavy atom. The van der Waals surface area contributed by atoms with Crippen molar-refractivity contribution in [3.05, 3.63) is 23.3 Å². The number of aryl methyl sites for hydroxylation is 1. The Labute approximate surface area is 122 Å². The van der Waals surface area contributed by atoms with Gasteiger partial charge in [0.25, 0.3) is 0 Å². The fourth-order valence-corrected chi connectivity index (χ4v) is 2.64. The summed E-state index contributed by atoms with van der Waals surface area (Å²) in [4.78, 5) is 0. The van der Waals surface area contributed by atoms with Gasteiger partial charge in [0.2, 0.25) is 0 Å². The van der Waals surface area contributed by atoms with Gasteiger partial charge in [0, 0.05) is 7.05 Å². The van der Waals surface area contributed by atoms with Gasteiger partial charge < -0.3 is 0 Å². The molecule has 1 aromatic heterocycles. The lowest BCUT2D eigenvalue weighted by Gasteiger charge is -2.28. The molecule has 0 saturated heterocycles. The van der Waals surface area contributed by atoms with E-state index in [0.29, 0.717) is 0 Å². The largest absolute Gasteiger partial charge is 0.247 e. The van der Waals surface area contributed by atoms with Gasteiger partial charge in [-0.25, -0.2) is 4.68 Å². The van der Waals surface area contributed by atoms with Crippen molar-refractivity contribution in [3.63, 3.8) is 0 Å². The monoisotopic (exact) mass is 273 g/mol. The second-order valence-corrected chi connectivity index (χ2v) is 7.05. The number of hydrogen-bond donors (Lipinski definition) is 0. The second-order valence-electron chi connectivity index (χ2n) is 7.05. The summed E-state index contributed by atoms with van der Waals surface area (Å²) in [6.45, 7) is 13.6. The van der Waals surface area contributed by atoms with Gasteiger partial charge in [-0.3, -0.25) is 0 Å². The number of nitrogens with zero attached hydrogens (tertiary/aromatic N) is 3. The van der Waals surface area contributed by atoms with E-state index >= 15 is 0 Å². The van der Waals surface area contributed by atoms with E-state index in [0.717, 1.165) is 18.4 Å². The minimum Gasteiger partial charge on any atom is -0.247 e. The third-order valence-electron chi connectivity index (χ3n) is 4.98. The highest BCUT2D eigenvalue weighted by molar-refractivity contribution is 5.83. The van der Waals surface area contributed by atoms with Crippen molar-refractivity contribution in [3.8, 4) is 0 Å². The average molecular weight is 273 g/mol. The van der Waals surface area contributed by atoms with Crippen molar-refractivity contribution in [2.24, 2.45) is 7.05 Å². The van der Waals surface area contributed by atoms with Crippen LogP contribution in [0.25, 0.3) is 11.0 Å². The number of benzene rings is 1. The van der Waals surface area contributed by atoms with Crippen LogP contribution in [0.1, 0.15) is 65.5 Å². The van der Waals surface area contributed by atoms with Gasteiger partial charge in [-0.1, -0.05) is 58.9 Å². The van der Waals surface area contributed by atoms with Crippen LogP contribution in [0.4, 0.5) is 0 Å². The van der Waals surface area contributed by atoms with Crippen molar-refractivity contribution >= 4 is 11.0 Å². The Kier molecular flexibility index (Phi) is 3.66. The quantitative estimate of drug-likeness (QED) is 0.829. The molecule has 0 aliphatic rings. The van der Waals surface area contributed by atoms with Crippen LogP contribution in [0.15, 0.2) is 12.1 Å². The van der Waals surface area contributed by atoms with Crippen LogP contribution >= 0.6 is 0 Å². The topological polar surface area (TPSA) is 30.7 Å². The number of rotatable bonds is 4. The molecule has 0 spiro atoms. The molecule has 0 fully saturated rings. The van der Waals surface area contributed by atoms with Crippen molar-refractivity contribution in [1.82, 2.24) is 15.0 Å². The van der Waals surface area contributed by atoms with E-state index < -0.39 is 0 Å². The molecule has 1 aromatic carbocycles. The molecule has 0 aliphatic carbocycles. The lowest BCUT2D eigenvalue weighted by Crippen LogP contribution is -2.20. The molecular formula is C17H27N3. The molecular weight excluding hydrogens is 246 g/mol. The summed E-state index contributed by atoms with van der Waals surface area (Å²) in [7, 11) is 1.99. The SMILES string of the molecule is CCC(C)(C)c1ccc(C(C)(C)CC)c2c1nnn2C. The predicted molar refractivity (Wildman–Crippen MR) is 85.1 cm³/mol. The average Bonchev–Trinajstić information content (AvgIpc) is 2.80. The van der Waals surface area contributed by atoms with Crippen LogP contribution in [0.3, 0.4) is 0 Å². The smallest absolute Gasteiger partial charge is 0.117 e. The highest BCUT2D eigenvalue weighted by Crippen LogP contribution is 2.37. The van der Waals surface area contributed by atoms with Crippen LogP contribution in [-0.2, 0) is 17.9 Å². The first-order valence-corrected chi connectivity index (χ1v) is 7.58. The van der Waals surface area contributed by atoms with Gasteiger partial charge in [-0.2, -0.15) is 0 Å². The Bertz CT molecular complexity index is 620. The molecule has 3 nitrogen and oxygen atoms in total. The fraction of sp³-hybridized carbons (Fsp3) is 0.647. The van der Waals surface area contributed by atoms with E-state index in [1.165, 1.54) is 16.6 Å². The summed E-state index contributed by atoms with van der Waals surface area (Å²) in [5.74, 6) is 0. The molecule has 3 heteroatoms. The summed E-state index contributed by atoms with van der Waals surface area (Å²) in [6.07, 6.45) is 2.19. The van der Waals surface area contributed by atoms with Crippen molar-refractivity contribution < 1.29 is 0 Å². The molecule has 2 rings (SSSR count). The van der Waals surface area contributed by atoms with Gasteiger partial charge in [0.05, 0.1) is 5.52 Å². The van der Waals surface area contributed by atoms with Crippen molar-refractivity contribution in [2.45, 2.75) is 65.2 Å². The summed E-state index contributed by atoms with van der Waals surface area (Å²) in [5.41, 5.74) is 5.18. The first kappa shape index (κ1) is 15.0. The molecule has 0 bridgehead atoms. The summed E-state index contributed by atoms with van der Waals surface area (Å²) >= 11 is 0. The standard InChI is InChI=1S/C17H27N3/c1-8-16(3,4)12-10-11-13(17(5,6)9-2)15-14(12)18-19-20(15)7/h10-11H,8-9H2,1-7H3. The Hall–Kier alpha value is -1.38. The lowest BCUT2D eigenvalue weighted by molar-refractivity contribution is 0.501. The van der Waals surface area contributed by atoms with Gasteiger partial charge in [0.1, 0.15) is 5.52 Å². The molecule has 0 unspecified atom stereocenters. The van der Waals surface area contributed by atoms with E-state index in [4.69, 9.17) is 0 Å². The molecule has 110 valence electrons. The molecule has 2 aromatic rings. The summed E-state index contributed by atoms with van der Waals surface area (Å²) in [6, 6.07) is 4.54. The number of hydrogen-bond acceptors (Lipinski definition) is 2. The lowest BCUT2D eigenvalue weighted by atomic mass is 9.77. The van der Waals surface area contributed by atoms with Gasteiger partial charge in [-0.15, -0.1) is 5.10 Å². The number of aromatic nitrogens is 3. The molecule has 1 heterocycles. The normalized spacial score (nSPS) is 13.2. The van der Waals surface area contributed by atoms with Crippen molar-refractivity contribution in [1.29, 1.82) is 0 Å². The van der Waals surface area contributed by atoms with Crippen LogP contribution in [0, 0.1) is 0 Å². The van der Waals surface area contributed by atoms with Crippen molar-refractivity contribution in [2.75, 3.05) is 0 Å². The second kappa shape index (κ2) is 4.87. The van der Waals surface area contributed by atoms with E-state index in [2.05, 4.69) is 64.0 Å². The summed E-state index contributed by atoms with van der Waals surface area (Å²) < 4.78 is 1.93. The Balaban J connectivity index is 2.79. The predicted octanol–water partition coefficient (Wildman–Crippen LogP) is 4.34. The molecule has 0 N–H and O–H groups in total. The van der Waals surface area contributed by atoms with Crippen LogP contribution in [0.2, 0.25) is 0 Å². The molecule has 0 atom stereocenters. The molecule has 0 radical (unpaired) electrons. The molecule has 0 aliphatic heterocycles. The first-order chi connectivity index (χ1) is 9.24. The van der Waals surface area contributed by atoms with Crippen LogP contribution in [-0.4, -0.2) is 15.0 Å². The van der Waals surface area contributed by atoms with Gasteiger partial charge in [-0.05, 0) is 34.8 Å². The number of fused-ring (bicyclic) bond motifs is 1. The van der Waals surface area contributed by atoms with E-state index in [1.807, 2.05) is 11.7 Å².